The topological polar surface area (TPSA) is 39.3 Å². The van der Waals surface area contributed by atoms with Crippen molar-refractivity contribution in [2.75, 3.05) is 13.2 Å². The van der Waals surface area contributed by atoms with Gasteiger partial charge in [0.2, 0.25) is 0 Å². The van der Waals surface area contributed by atoms with Gasteiger partial charge in [-0.15, -0.1) is 0 Å². The number of aromatic nitrogens is 1. The molecule has 0 spiro atoms. The molecule has 1 aliphatic heterocycles. The van der Waals surface area contributed by atoms with Crippen molar-refractivity contribution in [1.82, 2.24) is 9.88 Å². The van der Waals surface area contributed by atoms with Crippen LogP contribution in [-0.2, 0) is 6.42 Å². The number of aliphatic hydroxyl groups excluding tert-OH is 1. The smallest absolute Gasteiger partial charge is 0.0471 e. The van der Waals surface area contributed by atoms with E-state index in [1.807, 2.05) is 0 Å². The zero-order chi connectivity index (χ0) is 14.6. The summed E-state index contributed by atoms with van der Waals surface area (Å²) in [5.74, 6) is 0.967. The number of hydrogen-bond acceptors (Lipinski definition) is 2. The van der Waals surface area contributed by atoms with Crippen LogP contribution in [0, 0.1) is 5.92 Å². The van der Waals surface area contributed by atoms with Gasteiger partial charge in [-0.1, -0.05) is 12.1 Å². The summed E-state index contributed by atoms with van der Waals surface area (Å²) in [7, 11) is 0. The van der Waals surface area contributed by atoms with Crippen molar-refractivity contribution in [2.24, 2.45) is 5.92 Å². The Morgan fingerprint density at radius 2 is 2.24 bits per heavy atom. The Hall–Kier alpha value is -1.32. The van der Waals surface area contributed by atoms with Gasteiger partial charge in [0, 0.05) is 48.3 Å². The zero-order valence-corrected chi connectivity index (χ0v) is 12.8. The van der Waals surface area contributed by atoms with Crippen molar-refractivity contribution in [3.05, 3.63) is 35.5 Å². The van der Waals surface area contributed by atoms with Crippen molar-refractivity contribution in [3.63, 3.8) is 0 Å². The molecule has 1 aromatic heterocycles. The monoisotopic (exact) mass is 284 g/mol. The maximum Gasteiger partial charge on any atom is 0.0471 e. The van der Waals surface area contributed by atoms with E-state index in [1.54, 1.807) is 0 Å². The first kappa shape index (κ1) is 13.4. The van der Waals surface area contributed by atoms with Crippen molar-refractivity contribution in [3.8, 4) is 0 Å². The minimum absolute atomic E-state index is 0.308. The highest BCUT2D eigenvalue weighted by molar-refractivity contribution is 5.88. The summed E-state index contributed by atoms with van der Waals surface area (Å²) in [6.45, 7) is 5.90. The predicted molar refractivity (Wildman–Crippen MR) is 85.6 cm³/mol. The van der Waals surface area contributed by atoms with Crippen molar-refractivity contribution >= 4 is 10.9 Å². The second-order valence-electron chi connectivity index (χ2n) is 7.04. The molecule has 4 rings (SSSR count). The molecule has 1 aliphatic carbocycles. The molecule has 0 amide bonds. The molecule has 0 bridgehead atoms. The summed E-state index contributed by atoms with van der Waals surface area (Å²) in [5, 5.41) is 11.1. The van der Waals surface area contributed by atoms with Gasteiger partial charge in [-0.2, -0.15) is 0 Å². The highest BCUT2D eigenvalue weighted by Gasteiger charge is 2.41. The third-order valence-corrected chi connectivity index (χ3v) is 5.52. The van der Waals surface area contributed by atoms with Gasteiger partial charge in [0.15, 0.2) is 0 Å². The van der Waals surface area contributed by atoms with E-state index in [9.17, 15) is 5.11 Å². The summed E-state index contributed by atoms with van der Waals surface area (Å²) in [4.78, 5) is 6.05. The molecule has 2 aromatic rings. The third kappa shape index (κ3) is 1.95. The fourth-order valence-electron chi connectivity index (χ4n) is 4.56. The SMILES string of the molecule is CC(C)N1CC(CO)C[C@@H]2c3cccc4[nH]cc(c34)C[C@H]21. The maximum atomic E-state index is 9.70. The molecule has 3 nitrogen and oxygen atoms in total. The number of aromatic amines is 1. The number of H-pyrrole nitrogens is 1. The van der Waals surface area contributed by atoms with Crippen LogP contribution in [0.25, 0.3) is 10.9 Å². The Morgan fingerprint density at radius 1 is 1.38 bits per heavy atom. The highest BCUT2D eigenvalue weighted by atomic mass is 16.3. The lowest BCUT2D eigenvalue weighted by Crippen LogP contribution is -2.53. The number of benzene rings is 1. The Labute approximate surface area is 126 Å². The van der Waals surface area contributed by atoms with Gasteiger partial charge in [-0.05, 0) is 49.8 Å². The van der Waals surface area contributed by atoms with Gasteiger partial charge in [0.05, 0.1) is 0 Å². The van der Waals surface area contributed by atoms with Gasteiger partial charge in [0.25, 0.3) is 0 Å². The molecule has 1 saturated heterocycles. The third-order valence-electron chi connectivity index (χ3n) is 5.52. The van der Waals surface area contributed by atoms with Gasteiger partial charge < -0.3 is 10.1 Å². The molecule has 0 saturated carbocycles. The largest absolute Gasteiger partial charge is 0.396 e. The van der Waals surface area contributed by atoms with Crippen molar-refractivity contribution < 1.29 is 5.11 Å². The Kier molecular flexibility index (Phi) is 3.09. The molecular formula is C18H24N2O. The number of nitrogens with zero attached hydrogens (tertiary/aromatic N) is 1. The molecule has 1 unspecified atom stereocenters. The van der Waals surface area contributed by atoms with E-state index >= 15 is 0 Å². The van der Waals surface area contributed by atoms with Crippen LogP contribution in [0.3, 0.4) is 0 Å². The second-order valence-corrected chi connectivity index (χ2v) is 7.04. The van der Waals surface area contributed by atoms with E-state index in [4.69, 9.17) is 0 Å². The number of rotatable bonds is 2. The lowest BCUT2D eigenvalue weighted by atomic mass is 9.72. The minimum Gasteiger partial charge on any atom is -0.396 e. The number of piperidine rings is 1. The molecule has 112 valence electrons. The highest BCUT2D eigenvalue weighted by Crippen LogP contribution is 2.45. The number of nitrogens with one attached hydrogen (secondary N) is 1. The molecule has 0 radical (unpaired) electrons. The first-order valence-electron chi connectivity index (χ1n) is 8.14. The average Bonchev–Trinajstić information content (AvgIpc) is 2.91. The van der Waals surface area contributed by atoms with Gasteiger partial charge in [0.1, 0.15) is 0 Å². The van der Waals surface area contributed by atoms with Crippen LogP contribution >= 0.6 is 0 Å². The summed E-state index contributed by atoms with van der Waals surface area (Å²) < 4.78 is 0. The van der Waals surface area contributed by atoms with Gasteiger partial charge in [-0.25, -0.2) is 0 Å². The van der Waals surface area contributed by atoms with E-state index in [0.29, 0.717) is 30.5 Å². The standard InChI is InChI=1S/C18H24N2O/c1-11(2)20-9-12(10-21)6-15-14-4-3-5-16-18(14)13(8-19-16)7-17(15)20/h3-5,8,11-12,15,17,19,21H,6-7,9-10H2,1-2H3/t12?,15-,17-/m1/s1. The molecule has 2 heterocycles. The summed E-state index contributed by atoms with van der Waals surface area (Å²) in [5.41, 5.74) is 4.22. The fraction of sp³-hybridized carbons (Fsp3) is 0.556. The Bertz CT molecular complexity index is 660. The Morgan fingerprint density at radius 3 is 3.00 bits per heavy atom. The maximum absolute atomic E-state index is 9.70. The summed E-state index contributed by atoms with van der Waals surface area (Å²) in [6, 6.07) is 7.76. The summed E-state index contributed by atoms with van der Waals surface area (Å²) in [6.07, 6.45) is 4.45. The van der Waals surface area contributed by atoms with Crippen molar-refractivity contribution in [2.45, 2.75) is 44.7 Å². The van der Waals surface area contributed by atoms with Gasteiger partial charge >= 0.3 is 0 Å². The number of aliphatic hydroxyl groups is 1. The van der Waals surface area contributed by atoms with E-state index in [-0.39, 0.29) is 0 Å². The first-order chi connectivity index (χ1) is 10.2. The number of hydrogen-bond donors (Lipinski definition) is 2. The molecule has 1 aromatic carbocycles. The Balaban J connectivity index is 1.83. The molecule has 2 aliphatic rings. The average molecular weight is 284 g/mol. The van der Waals surface area contributed by atoms with Crippen LogP contribution in [0.5, 0.6) is 0 Å². The van der Waals surface area contributed by atoms with Crippen LogP contribution in [-0.4, -0.2) is 40.2 Å². The van der Waals surface area contributed by atoms with Crippen LogP contribution in [0.2, 0.25) is 0 Å². The molecule has 21 heavy (non-hydrogen) atoms. The molecular weight excluding hydrogens is 260 g/mol. The van der Waals surface area contributed by atoms with Crippen LogP contribution in [0.15, 0.2) is 24.4 Å². The first-order valence-corrected chi connectivity index (χ1v) is 8.14. The van der Waals surface area contributed by atoms with Crippen molar-refractivity contribution in [1.29, 1.82) is 0 Å². The molecule has 3 heteroatoms. The van der Waals surface area contributed by atoms with Crippen LogP contribution < -0.4 is 0 Å². The number of likely N-dealkylation sites (tertiary alicyclic amines) is 1. The zero-order valence-electron chi connectivity index (χ0n) is 12.8. The minimum atomic E-state index is 0.308. The van der Waals surface area contributed by atoms with E-state index in [1.165, 1.54) is 22.0 Å². The van der Waals surface area contributed by atoms with Gasteiger partial charge in [-0.3, -0.25) is 4.90 Å². The lowest BCUT2D eigenvalue weighted by Gasteiger charge is -2.48. The quantitative estimate of drug-likeness (QED) is 0.890. The van der Waals surface area contributed by atoms with E-state index in [2.05, 4.69) is 48.1 Å². The van der Waals surface area contributed by atoms with Crippen LogP contribution in [0.1, 0.15) is 37.3 Å². The molecule has 3 atom stereocenters. The predicted octanol–water partition coefficient (Wildman–Crippen LogP) is 2.90. The normalized spacial score (nSPS) is 29.0. The van der Waals surface area contributed by atoms with E-state index in [0.717, 1.165) is 19.4 Å². The lowest BCUT2D eigenvalue weighted by molar-refractivity contribution is 0.0353. The second kappa shape index (κ2) is 4.85. The molecule has 1 fully saturated rings. The fourth-order valence-corrected chi connectivity index (χ4v) is 4.56. The summed E-state index contributed by atoms with van der Waals surface area (Å²) >= 11 is 0. The van der Waals surface area contributed by atoms with Crippen LogP contribution in [0.4, 0.5) is 0 Å². The number of fused-ring (bicyclic) bond motifs is 2. The van der Waals surface area contributed by atoms with E-state index < -0.39 is 0 Å². The molecule has 2 N–H and O–H groups in total.